The van der Waals surface area contributed by atoms with Gasteiger partial charge in [0.15, 0.2) is 0 Å². The number of rotatable bonds is 5. The highest BCUT2D eigenvalue weighted by molar-refractivity contribution is 6.55. The fraction of sp³-hybridized carbons (Fsp3) is 0.833. The Bertz CT molecular complexity index is 484. The van der Waals surface area contributed by atoms with Crippen LogP contribution in [0.4, 0.5) is 4.79 Å². The molecule has 0 N–H and O–H groups in total. The molecule has 6 heteroatoms. The fourth-order valence-electron chi connectivity index (χ4n) is 3.90. The quantitative estimate of drug-likeness (QED) is 0.701. The van der Waals surface area contributed by atoms with Gasteiger partial charge in [0.2, 0.25) is 0 Å². The zero-order valence-corrected chi connectivity index (χ0v) is 16.3. The molecule has 136 valence electrons. The number of carbonyl (C=O) groups excluding carboxylic acids is 1. The summed E-state index contributed by atoms with van der Waals surface area (Å²) in [5.74, 6) is 0. The fourth-order valence-corrected chi connectivity index (χ4v) is 3.90. The van der Waals surface area contributed by atoms with Crippen molar-refractivity contribution in [3.63, 3.8) is 0 Å². The van der Waals surface area contributed by atoms with E-state index in [1.165, 1.54) is 0 Å². The minimum atomic E-state index is -0.512. The second-order valence-electron chi connectivity index (χ2n) is 7.69. The van der Waals surface area contributed by atoms with E-state index in [-0.39, 0.29) is 17.3 Å². The first-order valence-electron chi connectivity index (χ1n) is 9.23. The van der Waals surface area contributed by atoms with E-state index >= 15 is 0 Å². The lowest BCUT2D eigenvalue weighted by molar-refractivity contribution is -0.0601. The number of nitrogens with zero attached hydrogens (tertiary/aromatic N) is 1. The molecule has 5 nitrogen and oxygen atoms in total. The molecule has 0 aliphatic carbocycles. The normalized spacial score (nSPS) is 22.2. The Balaban J connectivity index is 2.18. The molecule has 2 heterocycles. The van der Waals surface area contributed by atoms with Crippen molar-refractivity contribution in [2.24, 2.45) is 0 Å². The van der Waals surface area contributed by atoms with Crippen molar-refractivity contribution in [3.05, 3.63) is 11.7 Å². The summed E-state index contributed by atoms with van der Waals surface area (Å²) in [4.78, 5) is 14.0. The minimum Gasteiger partial charge on any atom is -0.443 e. The lowest BCUT2D eigenvalue weighted by Crippen LogP contribution is -2.50. The van der Waals surface area contributed by atoms with Crippen LogP contribution in [-0.2, 0) is 14.0 Å². The Kier molecular flexibility index (Phi) is 5.41. The minimum absolute atomic E-state index is 0.308. The van der Waals surface area contributed by atoms with Crippen molar-refractivity contribution in [2.45, 2.75) is 91.0 Å². The van der Waals surface area contributed by atoms with Crippen LogP contribution in [0.3, 0.4) is 0 Å². The van der Waals surface area contributed by atoms with E-state index < -0.39 is 12.7 Å². The van der Waals surface area contributed by atoms with Crippen LogP contribution in [0.1, 0.15) is 74.1 Å². The van der Waals surface area contributed by atoms with E-state index in [2.05, 4.69) is 27.7 Å². The van der Waals surface area contributed by atoms with Gasteiger partial charge < -0.3 is 14.0 Å². The zero-order valence-electron chi connectivity index (χ0n) is 16.3. The van der Waals surface area contributed by atoms with Gasteiger partial charge in [-0.3, -0.25) is 4.90 Å². The van der Waals surface area contributed by atoms with Crippen molar-refractivity contribution in [3.8, 4) is 0 Å². The molecule has 0 radical (unpaired) electrons. The molecular weight excluding hydrogens is 305 g/mol. The summed E-state index contributed by atoms with van der Waals surface area (Å²) in [5.41, 5.74) is -0.351. The Hall–Kier alpha value is -1.01. The van der Waals surface area contributed by atoms with Crippen molar-refractivity contribution in [1.29, 1.82) is 0 Å². The molecule has 0 aromatic heterocycles. The van der Waals surface area contributed by atoms with Crippen LogP contribution in [0.25, 0.3) is 0 Å². The zero-order chi connectivity index (χ0) is 18.2. The van der Waals surface area contributed by atoms with Gasteiger partial charge in [-0.05, 0) is 52.5 Å². The van der Waals surface area contributed by atoms with Gasteiger partial charge in [-0.25, -0.2) is 4.79 Å². The van der Waals surface area contributed by atoms with Crippen molar-refractivity contribution >= 4 is 13.2 Å². The highest BCUT2D eigenvalue weighted by atomic mass is 16.7. The first kappa shape index (κ1) is 19.3. The average molecular weight is 337 g/mol. The molecule has 2 aliphatic rings. The van der Waals surface area contributed by atoms with Crippen LogP contribution in [0, 0.1) is 0 Å². The number of carbonyl (C=O) groups is 1. The third-order valence-corrected chi connectivity index (χ3v) is 5.43. The highest BCUT2D eigenvalue weighted by Gasteiger charge is 2.60. The van der Waals surface area contributed by atoms with E-state index in [4.69, 9.17) is 14.0 Å². The third-order valence-electron chi connectivity index (χ3n) is 5.43. The summed E-state index contributed by atoms with van der Waals surface area (Å²) in [6.07, 6.45) is 5.22. The largest absolute Gasteiger partial charge is 0.512 e. The highest BCUT2D eigenvalue weighted by Crippen LogP contribution is 2.48. The molecule has 2 aliphatic heterocycles. The monoisotopic (exact) mass is 337 g/mol. The maximum Gasteiger partial charge on any atom is 0.512 e. The number of amides is 1. The summed E-state index contributed by atoms with van der Waals surface area (Å²) in [6.45, 7) is 14.8. The lowest BCUT2D eigenvalue weighted by Gasteiger charge is -2.42. The van der Waals surface area contributed by atoms with Crippen molar-refractivity contribution < 1.29 is 18.8 Å². The summed E-state index contributed by atoms with van der Waals surface area (Å²) in [6, 6.07) is 0. The number of hydrogen-bond donors (Lipinski definition) is 0. The van der Waals surface area contributed by atoms with Gasteiger partial charge in [0, 0.05) is 6.54 Å². The van der Waals surface area contributed by atoms with Gasteiger partial charge in [-0.15, -0.1) is 0 Å². The lowest BCUT2D eigenvalue weighted by atomic mass is 9.75. The van der Waals surface area contributed by atoms with Crippen LogP contribution in [0.2, 0.25) is 0 Å². The van der Waals surface area contributed by atoms with Gasteiger partial charge in [-0.2, -0.15) is 0 Å². The van der Waals surface area contributed by atoms with Crippen LogP contribution in [0.15, 0.2) is 11.7 Å². The molecule has 2 rings (SSSR count). The predicted octanol–water partition coefficient (Wildman–Crippen LogP) is 4.31. The Labute approximate surface area is 146 Å². The molecule has 1 saturated heterocycles. The summed E-state index contributed by atoms with van der Waals surface area (Å²) < 4.78 is 18.3. The first-order chi connectivity index (χ1) is 11.2. The molecule has 0 spiro atoms. The van der Waals surface area contributed by atoms with E-state index in [9.17, 15) is 4.79 Å². The summed E-state index contributed by atoms with van der Waals surface area (Å²) >= 11 is 0. The van der Waals surface area contributed by atoms with Crippen molar-refractivity contribution in [2.75, 3.05) is 6.54 Å². The van der Waals surface area contributed by atoms with Gasteiger partial charge >= 0.3 is 13.2 Å². The molecule has 0 unspecified atom stereocenters. The number of hydrogen-bond acceptors (Lipinski definition) is 4. The summed E-state index contributed by atoms with van der Waals surface area (Å²) in [7, 11) is -0.494. The van der Waals surface area contributed by atoms with E-state index in [1.54, 1.807) is 4.90 Å². The SMILES string of the molecule is CCC1(CC)OB(C2=CCN2C(=O)OC(C)(C)C)OC1(CC)CC. The Morgan fingerprint density at radius 2 is 1.58 bits per heavy atom. The second kappa shape index (κ2) is 6.72. The molecule has 1 fully saturated rings. The molecule has 0 saturated carbocycles. The molecule has 0 bridgehead atoms. The molecule has 0 atom stereocenters. The van der Waals surface area contributed by atoms with E-state index in [0.29, 0.717) is 6.54 Å². The smallest absolute Gasteiger partial charge is 0.443 e. The molecular formula is C18H32BNO4. The summed E-state index contributed by atoms with van der Waals surface area (Å²) in [5, 5.41) is 0. The van der Waals surface area contributed by atoms with Crippen LogP contribution in [-0.4, -0.2) is 41.5 Å². The predicted molar refractivity (Wildman–Crippen MR) is 95.6 cm³/mol. The van der Waals surface area contributed by atoms with Gasteiger partial charge in [0.25, 0.3) is 0 Å². The van der Waals surface area contributed by atoms with Crippen LogP contribution < -0.4 is 0 Å². The Morgan fingerprint density at radius 1 is 1.12 bits per heavy atom. The van der Waals surface area contributed by atoms with Crippen molar-refractivity contribution in [1.82, 2.24) is 4.90 Å². The van der Waals surface area contributed by atoms with E-state index in [1.807, 2.05) is 26.8 Å². The third kappa shape index (κ3) is 3.10. The van der Waals surface area contributed by atoms with Crippen LogP contribution in [0.5, 0.6) is 0 Å². The molecule has 0 aromatic carbocycles. The Morgan fingerprint density at radius 3 is 1.88 bits per heavy atom. The topological polar surface area (TPSA) is 48.0 Å². The molecule has 0 aromatic rings. The van der Waals surface area contributed by atoms with E-state index in [0.717, 1.165) is 31.3 Å². The van der Waals surface area contributed by atoms with Crippen LogP contribution >= 0.6 is 0 Å². The van der Waals surface area contributed by atoms with Gasteiger partial charge in [-0.1, -0.05) is 27.7 Å². The maximum absolute atomic E-state index is 12.4. The van der Waals surface area contributed by atoms with Gasteiger partial charge in [0.1, 0.15) is 5.60 Å². The maximum atomic E-state index is 12.4. The van der Waals surface area contributed by atoms with Gasteiger partial charge in [0.05, 0.1) is 16.8 Å². The number of ether oxygens (including phenoxy) is 1. The molecule has 1 amide bonds. The average Bonchev–Trinajstić information content (AvgIpc) is 2.79. The standard InChI is InChI=1S/C18H32BNO4/c1-8-17(9-2)18(10-3,11-4)24-19(23-17)14-12-13-20(14)15(21)22-16(5,6)7/h12H,8-11,13H2,1-7H3. The first-order valence-corrected chi connectivity index (χ1v) is 9.23. The molecule has 24 heavy (non-hydrogen) atoms. The second-order valence-corrected chi connectivity index (χ2v) is 7.69.